The van der Waals surface area contributed by atoms with Crippen LogP contribution in [0.25, 0.3) is 0 Å². The van der Waals surface area contributed by atoms with Crippen LogP contribution in [-0.2, 0) is 14.4 Å². The quantitative estimate of drug-likeness (QED) is 0.724. The molecule has 1 aliphatic heterocycles. The predicted octanol–water partition coefficient (Wildman–Crippen LogP) is 2.77. The fourth-order valence-corrected chi connectivity index (χ4v) is 3.72. The molecule has 24 heavy (non-hydrogen) atoms. The van der Waals surface area contributed by atoms with Crippen LogP contribution in [0.4, 0.5) is 0 Å². The second-order valence-electron chi connectivity index (χ2n) is 9.39. The first-order valence-corrected chi connectivity index (χ1v) is 8.81. The molecule has 5 heteroatoms. The predicted molar refractivity (Wildman–Crippen MR) is 95.1 cm³/mol. The van der Waals surface area contributed by atoms with E-state index >= 15 is 0 Å². The molecule has 0 saturated carbocycles. The van der Waals surface area contributed by atoms with Crippen molar-refractivity contribution in [3.8, 4) is 0 Å². The van der Waals surface area contributed by atoms with Crippen molar-refractivity contribution < 1.29 is 14.4 Å². The zero-order valence-corrected chi connectivity index (χ0v) is 16.4. The molecule has 1 heterocycles. The normalized spacial score (nSPS) is 19.1. The summed E-state index contributed by atoms with van der Waals surface area (Å²) in [6.45, 7) is 14.2. The number of Topliss-reactive ketones (excluding diaryl/α,β-unsaturated/α-hetero) is 1. The van der Waals surface area contributed by atoms with E-state index in [4.69, 9.17) is 5.73 Å². The summed E-state index contributed by atoms with van der Waals surface area (Å²) < 4.78 is 0. The van der Waals surface area contributed by atoms with Crippen molar-refractivity contribution in [3.63, 3.8) is 0 Å². The van der Waals surface area contributed by atoms with Gasteiger partial charge in [0.05, 0.1) is 6.54 Å². The number of nitrogens with zero attached hydrogens (tertiary/aromatic N) is 1. The molecule has 2 amide bonds. The number of amides is 2. The molecule has 0 aromatic rings. The molecule has 1 saturated heterocycles. The lowest BCUT2D eigenvalue weighted by atomic mass is 9.69. The Balaban J connectivity index is 2.87. The minimum atomic E-state index is -0.563. The summed E-state index contributed by atoms with van der Waals surface area (Å²) in [4.78, 5) is 38.6. The van der Waals surface area contributed by atoms with Crippen LogP contribution in [0.15, 0.2) is 0 Å². The number of ketones is 1. The van der Waals surface area contributed by atoms with Crippen molar-refractivity contribution in [1.29, 1.82) is 0 Å². The van der Waals surface area contributed by atoms with Gasteiger partial charge in [-0.15, -0.1) is 0 Å². The number of nitrogens with two attached hydrogens (primary N) is 1. The molecule has 0 radical (unpaired) electrons. The molecule has 2 N–H and O–H groups in total. The van der Waals surface area contributed by atoms with Crippen LogP contribution in [0.5, 0.6) is 0 Å². The highest BCUT2D eigenvalue weighted by Gasteiger charge is 2.44. The highest BCUT2D eigenvalue weighted by Crippen LogP contribution is 2.41. The Bertz CT molecular complexity index is 503. The number of hydrogen-bond donors (Lipinski definition) is 1. The smallest absolute Gasteiger partial charge is 0.229 e. The Kier molecular flexibility index (Phi) is 6.02. The fourth-order valence-electron chi connectivity index (χ4n) is 3.72. The van der Waals surface area contributed by atoms with Gasteiger partial charge in [-0.1, -0.05) is 48.5 Å². The van der Waals surface area contributed by atoms with E-state index in [9.17, 15) is 14.4 Å². The Morgan fingerprint density at radius 3 is 2.00 bits per heavy atom. The second-order valence-corrected chi connectivity index (χ2v) is 9.39. The van der Waals surface area contributed by atoms with Gasteiger partial charge in [0, 0.05) is 24.8 Å². The summed E-state index contributed by atoms with van der Waals surface area (Å²) >= 11 is 0. The van der Waals surface area contributed by atoms with Crippen LogP contribution in [0.1, 0.15) is 67.7 Å². The molecule has 138 valence electrons. The molecule has 0 aromatic carbocycles. The van der Waals surface area contributed by atoms with Gasteiger partial charge < -0.3 is 5.73 Å². The zero-order chi connectivity index (χ0) is 18.9. The van der Waals surface area contributed by atoms with Crippen molar-refractivity contribution in [2.24, 2.45) is 27.9 Å². The van der Waals surface area contributed by atoms with E-state index in [2.05, 4.69) is 13.8 Å². The molecule has 0 aliphatic carbocycles. The highest BCUT2D eigenvalue weighted by molar-refractivity contribution is 5.98. The van der Waals surface area contributed by atoms with Crippen LogP contribution in [0, 0.1) is 22.2 Å². The maximum absolute atomic E-state index is 12.6. The highest BCUT2D eigenvalue weighted by atomic mass is 16.2. The molecule has 0 atom stereocenters. The molecular weight excluding hydrogens is 304 g/mol. The van der Waals surface area contributed by atoms with Crippen molar-refractivity contribution in [2.75, 3.05) is 13.1 Å². The molecular formula is C19H34N2O3. The third-order valence-electron chi connectivity index (χ3n) is 5.55. The molecule has 1 rings (SSSR count). The number of carbonyl (C=O) groups is 3. The van der Waals surface area contributed by atoms with Gasteiger partial charge >= 0.3 is 0 Å². The van der Waals surface area contributed by atoms with E-state index in [0.29, 0.717) is 25.8 Å². The van der Waals surface area contributed by atoms with Crippen LogP contribution >= 0.6 is 0 Å². The van der Waals surface area contributed by atoms with Crippen LogP contribution in [0.3, 0.4) is 0 Å². The summed E-state index contributed by atoms with van der Waals surface area (Å²) in [7, 11) is 0. The van der Waals surface area contributed by atoms with Crippen molar-refractivity contribution in [1.82, 2.24) is 4.90 Å². The van der Waals surface area contributed by atoms with Crippen molar-refractivity contribution >= 4 is 17.6 Å². The minimum absolute atomic E-state index is 0.000690. The first kappa shape index (κ1) is 20.8. The molecule has 1 aliphatic rings. The maximum Gasteiger partial charge on any atom is 0.229 e. The van der Waals surface area contributed by atoms with Crippen LogP contribution in [0.2, 0.25) is 0 Å². The maximum atomic E-state index is 12.6. The third kappa shape index (κ3) is 4.65. The van der Waals surface area contributed by atoms with Gasteiger partial charge in [0.2, 0.25) is 11.8 Å². The largest absolute Gasteiger partial charge is 0.324 e. The Morgan fingerprint density at radius 1 is 1.17 bits per heavy atom. The lowest BCUT2D eigenvalue weighted by Gasteiger charge is -2.43. The van der Waals surface area contributed by atoms with E-state index in [1.165, 1.54) is 4.90 Å². The SMILES string of the molecule is CC(C)C1(C)CC(=O)N(CC(C)(C)CC(C)(C)C(=O)CN)C(=O)C1. The number of piperidine rings is 1. The third-order valence-corrected chi connectivity index (χ3v) is 5.55. The minimum Gasteiger partial charge on any atom is -0.324 e. The molecule has 0 aromatic heterocycles. The number of likely N-dealkylation sites (tertiary alicyclic amines) is 1. The summed E-state index contributed by atoms with van der Waals surface area (Å²) in [5.74, 6) is 0.0814. The second kappa shape index (κ2) is 6.95. The van der Waals surface area contributed by atoms with Crippen LogP contribution < -0.4 is 5.73 Å². The van der Waals surface area contributed by atoms with Gasteiger partial charge in [0.15, 0.2) is 5.78 Å². The van der Waals surface area contributed by atoms with E-state index in [1.807, 2.05) is 34.6 Å². The number of imide groups is 1. The van der Waals surface area contributed by atoms with Crippen molar-refractivity contribution in [2.45, 2.75) is 67.7 Å². The summed E-state index contributed by atoms with van der Waals surface area (Å²) in [6, 6.07) is 0. The first-order valence-electron chi connectivity index (χ1n) is 8.81. The number of hydrogen-bond acceptors (Lipinski definition) is 4. The molecule has 0 bridgehead atoms. The van der Waals surface area contributed by atoms with E-state index in [1.54, 1.807) is 0 Å². The molecule has 0 unspecified atom stereocenters. The van der Waals surface area contributed by atoms with Gasteiger partial charge in [-0.05, 0) is 23.2 Å². The summed E-state index contributed by atoms with van der Waals surface area (Å²) in [5, 5.41) is 0. The summed E-state index contributed by atoms with van der Waals surface area (Å²) in [5.41, 5.74) is 4.33. The van der Waals surface area contributed by atoms with Gasteiger partial charge in [-0.3, -0.25) is 19.3 Å². The Labute approximate surface area is 146 Å². The fraction of sp³-hybridized carbons (Fsp3) is 0.842. The standard InChI is InChI=1S/C19H34N2O3/c1-13(2)19(7)8-15(23)21(16(24)9-19)12-17(3,4)11-18(5,6)14(22)10-20/h13H,8-12,20H2,1-7H3. The average Bonchev–Trinajstić information content (AvgIpc) is 2.40. The summed E-state index contributed by atoms with van der Waals surface area (Å²) in [6.07, 6.45) is 1.38. The lowest BCUT2D eigenvalue weighted by molar-refractivity contribution is -0.156. The van der Waals surface area contributed by atoms with E-state index in [0.717, 1.165) is 0 Å². The van der Waals surface area contributed by atoms with Crippen LogP contribution in [-0.4, -0.2) is 35.6 Å². The van der Waals surface area contributed by atoms with Gasteiger partial charge in [0.25, 0.3) is 0 Å². The Morgan fingerprint density at radius 2 is 1.62 bits per heavy atom. The van der Waals surface area contributed by atoms with Gasteiger partial charge in [-0.2, -0.15) is 0 Å². The van der Waals surface area contributed by atoms with Crippen molar-refractivity contribution in [3.05, 3.63) is 0 Å². The molecule has 1 fully saturated rings. The number of carbonyl (C=O) groups excluding carboxylic acids is 3. The Hall–Kier alpha value is -1.23. The molecule has 0 spiro atoms. The zero-order valence-electron chi connectivity index (χ0n) is 16.4. The number of rotatable bonds is 7. The van der Waals surface area contributed by atoms with E-state index < -0.39 is 5.41 Å². The van der Waals surface area contributed by atoms with Gasteiger partial charge in [-0.25, -0.2) is 0 Å². The average molecular weight is 338 g/mol. The topological polar surface area (TPSA) is 80.5 Å². The molecule has 5 nitrogen and oxygen atoms in total. The lowest BCUT2D eigenvalue weighted by Crippen LogP contribution is -2.52. The van der Waals surface area contributed by atoms with E-state index in [-0.39, 0.29) is 40.9 Å². The first-order chi connectivity index (χ1) is 10.7. The van der Waals surface area contributed by atoms with Gasteiger partial charge in [0.1, 0.15) is 0 Å². The monoisotopic (exact) mass is 338 g/mol.